The molecule has 0 radical (unpaired) electrons. The lowest BCUT2D eigenvalue weighted by atomic mass is 10.0. The SMILES string of the molecule is COc1ccc(NC(=O)CN2C=Cc3cc(OC)c(OC)cc3CC2=O)cc1. The van der Waals surface area contributed by atoms with E-state index in [2.05, 4.69) is 5.32 Å². The number of rotatable bonds is 6. The van der Waals surface area contributed by atoms with Crippen LogP contribution >= 0.6 is 0 Å². The van der Waals surface area contributed by atoms with E-state index < -0.39 is 0 Å². The number of fused-ring (bicyclic) bond motifs is 1. The van der Waals surface area contributed by atoms with Gasteiger partial charge in [-0.1, -0.05) is 0 Å². The van der Waals surface area contributed by atoms with E-state index in [0.717, 1.165) is 11.1 Å². The zero-order valence-corrected chi connectivity index (χ0v) is 16.0. The summed E-state index contributed by atoms with van der Waals surface area (Å²) in [6.45, 7) is -0.0797. The lowest BCUT2D eigenvalue weighted by Crippen LogP contribution is -2.34. The molecule has 7 heteroatoms. The van der Waals surface area contributed by atoms with Crippen molar-refractivity contribution in [1.82, 2.24) is 4.90 Å². The topological polar surface area (TPSA) is 77.1 Å². The van der Waals surface area contributed by atoms with Crippen LogP contribution in [-0.4, -0.2) is 44.6 Å². The van der Waals surface area contributed by atoms with Crippen molar-refractivity contribution in [3.05, 3.63) is 53.7 Å². The Labute approximate surface area is 163 Å². The molecule has 0 saturated heterocycles. The van der Waals surface area contributed by atoms with Crippen LogP contribution in [0, 0.1) is 0 Å². The van der Waals surface area contributed by atoms with Crippen LogP contribution in [0.3, 0.4) is 0 Å². The predicted molar refractivity (Wildman–Crippen MR) is 106 cm³/mol. The Morgan fingerprint density at radius 2 is 1.71 bits per heavy atom. The standard InChI is InChI=1S/C21H22N2O5/c1-26-17-6-4-16(5-7-17)22-20(24)13-23-9-8-14-10-18(27-2)19(28-3)11-15(14)12-21(23)25/h4-11H,12-13H2,1-3H3,(H,22,24). The minimum absolute atomic E-state index is 0.0797. The van der Waals surface area contributed by atoms with Crippen LogP contribution < -0.4 is 19.5 Å². The minimum atomic E-state index is -0.288. The molecule has 0 unspecified atom stereocenters. The van der Waals surface area contributed by atoms with Gasteiger partial charge in [0.25, 0.3) is 0 Å². The normalized spacial score (nSPS) is 12.8. The van der Waals surface area contributed by atoms with Crippen molar-refractivity contribution in [2.45, 2.75) is 6.42 Å². The molecule has 1 heterocycles. The molecule has 7 nitrogen and oxygen atoms in total. The number of hydrogen-bond acceptors (Lipinski definition) is 5. The van der Waals surface area contributed by atoms with E-state index in [-0.39, 0.29) is 24.8 Å². The number of nitrogens with one attached hydrogen (secondary N) is 1. The first-order chi connectivity index (χ1) is 13.5. The van der Waals surface area contributed by atoms with Gasteiger partial charge in [-0.2, -0.15) is 0 Å². The van der Waals surface area contributed by atoms with Crippen LogP contribution in [0.15, 0.2) is 42.6 Å². The van der Waals surface area contributed by atoms with Crippen molar-refractivity contribution >= 4 is 23.6 Å². The fraction of sp³-hybridized carbons (Fsp3) is 0.238. The molecule has 28 heavy (non-hydrogen) atoms. The summed E-state index contributed by atoms with van der Waals surface area (Å²) >= 11 is 0. The van der Waals surface area contributed by atoms with Crippen molar-refractivity contribution in [1.29, 1.82) is 0 Å². The van der Waals surface area contributed by atoms with Crippen LogP contribution in [0.1, 0.15) is 11.1 Å². The molecule has 0 fully saturated rings. The Balaban J connectivity index is 1.71. The maximum Gasteiger partial charge on any atom is 0.244 e. The number of hydrogen-bond donors (Lipinski definition) is 1. The molecule has 2 aromatic rings. The molecule has 2 aromatic carbocycles. The van der Waals surface area contributed by atoms with Crippen molar-refractivity contribution in [2.24, 2.45) is 0 Å². The Bertz CT molecular complexity index is 906. The van der Waals surface area contributed by atoms with E-state index in [9.17, 15) is 9.59 Å². The zero-order chi connectivity index (χ0) is 20.1. The first-order valence-electron chi connectivity index (χ1n) is 8.70. The number of anilines is 1. The third-order valence-corrected chi connectivity index (χ3v) is 4.43. The summed E-state index contributed by atoms with van der Waals surface area (Å²) < 4.78 is 15.7. The average molecular weight is 382 g/mol. The third-order valence-electron chi connectivity index (χ3n) is 4.43. The maximum atomic E-state index is 12.6. The minimum Gasteiger partial charge on any atom is -0.497 e. The molecule has 1 N–H and O–H groups in total. The summed E-state index contributed by atoms with van der Waals surface area (Å²) in [5.74, 6) is 1.39. The molecule has 2 amide bonds. The second kappa shape index (κ2) is 8.47. The summed E-state index contributed by atoms with van der Waals surface area (Å²) in [4.78, 5) is 26.4. The highest BCUT2D eigenvalue weighted by Crippen LogP contribution is 2.32. The first kappa shape index (κ1) is 19.3. The lowest BCUT2D eigenvalue weighted by Gasteiger charge is -2.17. The Hall–Kier alpha value is -3.48. The fourth-order valence-corrected chi connectivity index (χ4v) is 2.93. The smallest absolute Gasteiger partial charge is 0.244 e. The number of nitrogens with zero attached hydrogens (tertiary/aromatic N) is 1. The predicted octanol–water partition coefficient (Wildman–Crippen LogP) is 2.71. The lowest BCUT2D eigenvalue weighted by molar-refractivity contribution is -0.131. The van der Waals surface area contributed by atoms with Gasteiger partial charge in [0, 0.05) is 11.9 Å². The highest BCUT2D eigenvalue weighted by molar-refractivity contribution is 5.95. The number of ether oxygens (including phenoxy) is 3. The van der Waals surface area contributed by atoms with Gasteiger partial charge in [-0.05, 0) is 53.6 Å². The third kappa shape index (κ3) is 4.25. The largest absolute Gasteiger partial charge is 0.497 e. The van der Waals surface area contributed by atoms with E-state index in [1.807, 2.05) is 6.07 Å². The Kier molecular flexibility index (Phi) is 5.84. The average Bonchev–Trinajstić information content (AvgIpc) is 2.85. The Morgan fingerprint density at radius 1 is 1.04 bits per heavy atom. The Morgan fingerprint density at radius 3 is 2.36 bits per heavy atom. The molecule has 0 saturated carbocycles. The molecule has 146 valence electrons. The monoisotopic (exact) mass is 382 g/mol. The molecule has 1 aliphatic rings. The van der Waals surface area contributed by atoms with Gasteiger partial charge in [-0.25, -0.2) is 0 Å². The van der Waals surface area contributed by atoms with Gasteiger partial charge in [0.05, 0.1) is 27.8 Å². The molecule has 3 rings (SSSR count). The fourth-order valence-electron chi connectivity index (χ4n) is 2.93. The quantitative estimate of drug-likeness (QED) is 0.831. The summed E-state index contributed by atoms with van der Waals surface area (Å²) in [7, 11) is 4.69. The number of benzene rings is 2. The molecular formula is C21H22N2O5. The van der Waals surface area contributed by atoms with E-state index in [4.69, 9.17) is 14.2 Å². The zero-order valence-electron chi connectivity index (χ0n) is 16.0. The van der Waals surface area contributed by atoms with Crippen LogP contribution in [0.25, 0.3) is 6.08 Å². The highest BCUT2D eigenvalue weighted by Gasteiger charge is 2.21. The van der Waals surface area contributed by atoms with E-state index >= 15 is 0 Å². The molecule has 0 aliphatic carbocycles. The van der Waals surface area contributed by atoms with E-state index in [0.29, 0.717) is 22.9 Å². The van der Waals surface area contributed by atoms with Crippen molar-refractivity contribution < 1.29 is 23.8 Å². The molecule has 0 spiro atoms. The van der Waals surface area contributed by atoms with Gasteiger partial charge in [0.2, 0.25) is 11.8 Å². The van der Waals surface area contributed by atoms with Gasteiger partial charge in [0.1, 0.15) is 12.3 Å². The first-order valence-corrected chi connectivity index (χ1v) is 8.70. The summed E-state index contributed by atoms with van der Waals surface area (Å²) in [5, 5.41) is 2.78. The number of methoxy groups -OCH3 is 3. The number of carbonyl (C=O) groups is 2. The van der Waals surface area contributed by atoms with Crippen molar-refractivity contribution in [2.75, 3.05) is 33.2 Å². The molecular weight excluding hydrogens is 360 g/mol. The van der Waals surface area contributed by atoms with Gasteiger partial charge in [0.15, 0.2) is 11.5 Å². The van der Waals surface area contributed by atoms with Crippen molar-refractivity contribution in [3.63, 3.8) is 0 Å². The number of carbonyl (C=O) groups excluding carboxylic acids is 2. The highest BCUT2D eigenvalue weighted by atomic mass is 16.5. The van der Waals surface area contributed by atoms with Gasteiger partial charge < -0.3 is 24.4 Å². The summed E-state index contributed by atoms with van der Waals surface area (Å²) in [6.07, 6.45) is 3.58. The second-order valence-electron chi connectivity index (χ2n) is 6.20. The van der Waals surface area contributed by atoms with E-state index in [1.165, 1.54) is 4.90 Å². The van der Waals surface area contributed by atoms with Crippen molar-refractivity contribution in [3.8, 4) is 17.2 Å². The van der Waals surface area contributed by atoms with Crippen LogP contribution in [0.4, 0.5) is 5.69 Å². The van der Waals surface area contributed by atoms with Gasteiger partial charge >= 0.3 is 0 Å². The van der Waals surface area contributed by atoms with Crippen LogP contribution in [0.2, 0.25) is 0 Å². The molecule has 1 aliphatic heterocycles. The van der Waals surface area contributed by atoms with Crippen LogP contribution in [0.5, 0.6) is 17.2 Å². The van der Waals surface area contributed by atoms with Crippen LogP contribution in [-0.2, 0) is 16.0 Å². The summed E-state index contributed by atoms with van der Waals surface area (Å²) in [6, 6.07) is 10.6. The van der Waals surface area contributed by atoms with Gasteiger partial charge in [-0.15, -0.1) is 0 Å². The van der Waals surface area contributed by atoms with Gasteiger partial charge in [-0.3, -0.25) is 9.59 Å². The molecule has 0 bridgehead atoms. The summed E-state index contributed by atoms with van der Waals surface area (Å²) in [5.41, 5.74) is 2.30. The van der Waals surface area contributed by atoms with E-state index in [1.54, 1.807) is 63.9 Å². The molecule has 0 aromatic heterocycles. The number of amides is 2. The second-order valence-corrected chi connectivity index (χ2v) is 6.20. The molecule has 0 atom stereocenters. The maximum absolute atomic E-state index is 12.6.